The first kappa shape index (κ1) is 13.5. The fourth-order valence-corrected chi connectivity index (χ4v) is 5.71. The molecule has 0 aromatic carbocycles. The van der Waals surface area contributed by atoms with Crippen molar-refractivity contribution >= 4 is 0 Å². The lowest BCUT2D eigenvalue weighted by molar-refractivity contribution is -0.110. The molecule has 3 atom stereocenters. The predicted octanol–water partition coefficient (Wildman–Crippen LogP) is 2.41. The summed E-state index contributed by atoms with van der Waals surface area (Å²) in [6, 6.07) is 0.766. The van der Waals surface area contributed by atoms with Gasteiger partial charge in [-0.3, -0.25) is 4.90 Å². The van der Waals surface area contributed by atoms with Crippen LogP contribution in [-0.2, 0) is 4.74 Å². The van der Waals surface area contributed by atoms with Crippen LogP contribution in [0.5, 0.6) is 0 Å². The van der Waals surface area contributed by atoms with E-state index in [1.807, 2.05) is 0 Å². The molecule has 3 heterocycles. The Hall–Kier alpha value is -0.120. The molecule has 1 aliphatic carbocycles. The smallest absolute Gasteiger partial charge is 0.0697 e. The van der Waals surface area contributed by atoms with Gasteiger partial charge in [-0.15, -0.1) is 0 Å². The highest BCUT2D eigenvalue weighted by atomic mass is 16.5. The standard InChI is InChI=1S/C17H30N2O/c1-16(2)15-11-18-10-13(15)12-19(16)14-5-8-20-17(9-14)6-3-4-7-17/h13-15,18H,3-12H2,1-2H3. The molecule has 0 amide bonds. The molecule has 3 aliphatic heterocycles. The topological polar surface area (TPSA) is 24.5 Å². The maximum absolute atomic E-state index is 6.24. The number of likely N-dealkylation sites (tertiary alicyclic amines) is 1. The van der Waals surface area contributed by atoms with E-state index in [9.17, 15) is 0 Å². The molecule has 0 bridgehead atoms. The zero-order valence-corrected chi connectivity index (χ0v) is 13.2. The summed E-state index contributed by atoms with van der Waals surface area (Å²) >= 11 is 0. The molecule has 4 fully saturated rings. The van der Waals surface area contributed by atoms with Crippen LogP contribution in [0.2, 0.25) is 0 Å². The second kappa shape index (κ2) is 4.69. The van der Waals surface area contributed by atoms with Gasteiger partial charge in [0.1, 0.15) is 0 Å². The van der Waals surface area contributed by atoms with E-state index >= 15 is 0 Å². The van der Waals surface area contributed by atoms with Crippen LogP contribution >= 0.6 is 0 Å². The van der Waals surface area contributed by atoms with E-state index in [2.05, 4.69) is 24.1 Å². The van der Waals surface area contributed by atoms with Crippen LogP contribution in [0.1, 0.15) is 52.4 Å². The highest BCUT2D eigenvalue weighted by Gasteiger charge is 2.53. The minimum absolute atomic E-state index is 0.259. The second-order valence-corrected chi connectivity index (χ2v) is 8.22. The molecule has 0 radical (unpaired) electrons. The van der Waals surface area contributed by atoms with Gasteiger partial charge in [-0.25, -0.2) is 0 Å². The summed E-state index contributed by atoms with van der Waals surface area (Å²) in [5.41, 5.74) is 0.630. The summed E-state index contributed by atoms with van der Waals surface area (Å²) in [7, 11) is 0. The summed E-state index contributed by atoms with van der Waals surface area (Å²) in [5, 5.41) is 3.60. The molecule has 0 aromatic heterocycles. The molecule has 20 heavy (non-hydrogen) atoms. The number of rotatable bonds is 1. The average molecular weight is 278 g/mol. The first-order valence-corrected chi connectivity index (χ1v) is 8.72. The highest BCUT2D eigenvalue weighted by Crippen LogP contribution is 2.47. The minimum atomic E-state index is 0.259. The van der Waals surface area contributed by atoms with Crippen molar-refractivity contribution in [2.45, 2.75) is 69.6 Å². The third-order valence-electron chi connectivity index (χ3n) is 6.84. The molecule has 3 saturated heterocycles. The Balaban J connectivity index is 1.52. The number of ether oxygens (including phenoxy) is 1. The van der Waals surface area contributed by atoms with Gasteiger partial charge in [0.05, 0.1) is 5.60 Å². The van der Waals surface area contributed by atoms with Crippen molar-refractivity contribution in [1.82, 2.24) is 10.2 Å². The van der Waals surface area contributed by atoms with Crippen molar-refractivity contribution in [3.8, 4) is 0 Å². The summed E-state index contributed by atoms with van der Waals surface area (Å²) in [6.45, 7) is 9.74. The zero-order valence-electron chi connectivity index (χ0n) is 13.2. The molecule has 114 valence electrons. The van der Waals surface area contributed by atoms with E-state index in [0.29, 0.717) is 5.54 Å². The van der Waals surface area contributed by atoms with Gasteiger partial charge in [0, 0.05) is 31.3 Å². The van der Waals surface area contributed by atoms with Gasteiger partial charge in [-0.1, -0.05) is 12.8 Å². The van der Waals surface area contributed by atoms with Crippen LogP contribution in [0.3, 0.4) is 0 Å². The molecule has 4 aliphatic rings. The number of nitrogens with zero attached hydrogens (tertiary/aromatic N) is 1. The summed E-state index contributed by atoms with van der Waals surface area (Å²) in [5.74, 6) is 1.73. The van der Waals surface area contributed by atoms with Crippen LogP contribution in [0.25, 0.3) is 0 Å². The van der Waals surface area contributed by atoms with Gasteiger partial charge in [0.25, 0.3) is 0 Å². The molecule has 1 spiro atoms. The quantitative estimate of drug-likeness (QED) is 0.797. The molecule has 1 saturated carbocycles. The zero-order chi connectivity index (χ0) is 13.8. The van der Waals surface area contributed by atoms with Crippen LogP contribution in [0, 0.1) is 11.8 Å². The number of fused-ring (bicyclic) bond motifs is 1. The van der Waals surface area contributed by atoms with Crippen molar-refractivity contribution in [3.63, 3.8) is 0 Å². The summed E-state index contributed by atoms with van der Waals surface area (Å²) < 4.78 is 6.24. The maximum Gasteiger partial charge on any atom is 0.0697 e. The van der Waals surface area contributed by atoms with Crippen LogP contribution in [-0.4, -0.2) is 48.3 Å². The van der Waals surface area contributed by atoms with Gasteiger partial charge in [0.2, 0.25) is 0 Å². The van der Waals surface area contributed by atoms with E-state index in [0.717, 1.165) is 24.5 Å². The SMILES string of the molecule is CC1(C)C2CNCC2CN1C1CCOC2(CCCC2)C1. The monoisotopic (exact) mass is 278 g/mol. The molecular formula is C17H30N2O. The molecule has 4 rings (SSSR count). The van der Waals surface area contributed by atoms with Crippen molar-refractivity contribution in [3.05, 3.63) is 0 Å². The van der Waals surface area contributed by atoms with E-state index in [1.165, 1.54) is 58.2 Å². The van der Waals surface area contributed by atoms with Gasteiger partial charge < -0.3 is 10.1 Å². The predicted molar refractivity (Wildman–Crippen MR) is 80.8 cm³/mol. The molecule has 3 unspecified atom stereocenters. The molecule has 1 N–H and O–H groups in total. The average Bonchev–Trinajstić information content (AvgIpc) is 3.09. The van der Waals surface area contributed by atoms with E-state index in [4.69, 9.17) is 4.74 Å². The second-order valence-electron chi connectivity index (χ2n) is 8.22. The van der Waals surface area contributed by atoms with E-state index < -0.39 is 0 Å². The Kier molecular flexibility index (Phi) is 3.17. The lowest BCUT2D eigenvalue weighted by atomic mass is 9.82. The van der Waals surface area contributed by atoms with Gasteiger partial charge >= 0.3 is 0 Å². The Bertz CT molecular complexity index is 375. The Morgan fingerprint density at radius 1 is 1.15 bits per heavy atom. The largest absolute Gasteiger partial charge is 0.375 e. The van der Waals surface area contributed by atoms with E-state index in [1.54, 1.807) is 0 Å². The third-order valence-corrected chi connectivity index (χ3v) is 6.84. The van der Waals surface area contributed by atoms with Gasteiger partial charge in [-0.2, -0.15) is 0 Å². The first-order valence-electron chi connectivity index (χ1n) is 8.72. The number of nitrogens with one attached hydrogen (secondary N) is 1. The number of hydrogen-bond acceptors (Lipinski definition) is 3. The Morgan fingerprint density at radius 2 is 1.95 bits per heavy atom. The van der Waals surface area contributed by atoms with Crippen molar-refractivity contribution < 1.29 is 4.74 Å². The number of hydrogen-bond donors (Lipinski definition) is 1. The Labute approximate surface area is 123 Å². The molecular weight excluding hydrogens is 248 g/mol. The maximum atomic E-state index is 6.24. The van der Waals surface area contributed by atoms with Crippen LogP contribution < -0.4 is 5.32 Å². The Morgan fingerprint density at radius 3 is 2.70 bits per heavy atom. The fraction of sp³-hybridized carbons (Fsp3) is 1.00. The first-order chi connectivity index (χ1) is 9.61. The third kappa shape index (κ3) is 1.97. The van der Waals surface area contributed by atoms with Crippen molar-refractivity contribution in [2.24, 2.45) is 11.8 Å². The van der Waals surface area contributed by atoms with Gasteiger partial charge in [-0.05, 0) is 57.9 Å². The van der Waals surface area contributed by atoms with Gasteiger partial charge in [0.15, 0.2) is 0 Å². The molecule has 3 heteroatoms. The van der Waals surface area contributed by atoms with Crippen LogP contribution in [0.15, 0.2) is 0 Å². The lowest BCUT2D eigenvalue weighted by Gasteiger charge is -2.47. The van der Waals surface area contributed by atoms with Crippen molar-refractivity contribution in [2.75, 3.05) is 26.2 Å². The fourth-order valence-electron chi connectivity index (χ4n) is 5.71. The highest BCUT2D eigenvalue weighted by molar-refractivity contribution is 5.08. The lowest BCUT2D eigenvalue weighted by Crippen LogP contribution is -2.54. The summed E-state index contributed by atoms with van der Waals surface area (Å²) in [6.07, 6.45) is 7.93. The normalized spacial score (nSPS) is 43.2. The van der Waals surface area contributed by atoms with Crippen molar-refractivity contribution in [1.29, 1.82) is 0 Å². The van der Waals surface area contributed by atoms with E-state index in [-0.39, 0.29) is 5.60 Å². The van der Waals surface area contributed by atoms with Crippen LogP contribution in [0.4, 0.5) is 0 Å². The molecule has 0 aromatic rings. The summed E-state index contributed by atoms with van der Waals surface area (Å²) in [4.78, 5) is 2.87. The molecule has 3 nitrogen and oxygen atoms in total. The minimum Gasteiger partial charge on any atom is -0.375 e.